The maximum Gasteiger partial charge on any atom is 0.164 e. The van der Waals surface area contributed by atoms with Crippen LogP contribution in [-0.2, 0) is 0 Å². The molecule has 0 spiro atoms. The van der Waals surface area contributed by atoms with Crippen molar-refractivity contribution in [2.75, 3.05) is 26.2 Å². The number of Topliss-reactive ketones (excluding diaryl/α,β-unsaturated/α-hetero) is 1. The fourth-order valence-corrected chi connectivity index (χ4v) is 2.67. The number of hydrogen-bond donors (Lipinski definition) is 1. The molecular weight excluding hydrogens is 238 g/mol. The number of likely N-dealkylation sites (tertiary alicyclic amines) is 1. The molecule has 0 radical (unpaired) electrons. The monoisotopic (exact) mass is 261 g/mol. The second-order valence-corrected chi connectivity index (χ2v) is 5.46. The van der Waals surface area contributed by atoms with Crippen LogP contribution in [0.5, 0.6) is 0 Å². The van der Waals surface area contributed by atoms with Crippen LogP contribution in [0.4, 0.5) is 0 Å². The summed E-state index contributed by atoms with van der Waals surface area (Å²) in [4.78, 5) is 14.5. The summed E-state index contributed by atoms with van der Waals surface area (Å²) in [5.74, 6) is 0.700. The van der Waals surface area contributed by atoms with E-state index in [1.54, 1.807) is 0 Å². The number of hydrogen-bond acceptors (Lipinski definition) is 3. The van der Waals surface area contributed by atoms with Crippen molar-refractivity contribution in [1.82, 2.24) is 4.90 Å². The molecule has 0 unspecified atom stereocenters. The Bertz CT molecular complexity index is 423. The van der Waals surface area contributed by atoms with E-state index < -0.39 is 0 Å². The third kappa shape index (κ3) is 3.88. The maximum atomic E-state index is 12.2. The average Bonchev–Trinajstić information content (AvgIpc) is 2.46. The fraction of sp³-hybridized carbons (Fsp3) is 0.562. The number of rotatable bonds is 5. The summed E-state index contributed by atoms with van der Waals surface area (Å²) < 4.78 is 0. The lowest BCUT2D eigenvalue weighted by atomic mass is 9.97. The fourth-order valence-electron chi connectivity index (χ4n) is 2.67. The Morgan fingerprint density at radius 2 is 2.00 bits per heavy atom. The van der Waals surface area contributed by atoms with E-state index >= 15 is 0 Å². The van der Waals surface area contributed by atoms with E-state index in [0.717, 1.165) is 43.6 Å². The Hall–Kier alpha value is -1.19. The Morgan fingerprint density at radius 3 is 2.63 bits per heavy atom. The zero-order valence-electron chi connectivity index (χ0n) is 11.6. The lowest BCUT2D eigenvalue weighted by molar-refractivity contribution is 0.0932. The van der Waals surface area contributed by atoms with Crippen LogP contribution in [0.15, 0.2) is 24.3 Å². The molecule has 19 heavy (non-hydrogen) atoms. The minimum Gasteiger partial charge on any atom is -0.396 e. The molecule has 1 fully saturated rings. The van der Waals surface area contributed by atoms with Crippen LogP contribution in [0.3, 0.4) is 0 Å². The normalized spacial score (nSPS) is 17.6. The van der Waals surface area contributed by atoms with Crippen LogP contribution in [0.1, 0.15) is 35.2 Å². The molecule has 1 N–H and O–H groups in total. The van der Waals surface area contributed by atoms with E-state index in [-0.39, 0.29) is 5.78 Å². The van der Waals surface area contributed by atoms with Crippen molar-refractivity contribution in [2.45, 2.75) is 26.2 Å². The van der Waals surface area contributed by atoms with Crippen LogP contribution >= 0.6 is 0 Å². The number of carbonyl (C=O) groups excluding carboxylic acids is 1. The highest BCUT2D eigenvalue weighted by molar-refractivity contribution is 5.97. The van der Waals surface area contributed by atoms with Crippen LogP contribution < -0.4 is 0 Å². The van der Waals surface area contributed by atoms with E-state index in [1.807, 2.05) is 31.2 Å². The lowest BCUT2D eigenvalue weighted by Gasteiger charge is -2.30. The Kier molecular flexibility index (Phi) is 5.11. The molecule has 0 amide bonds. The van der Waals surface area contributed by atoms with Gasteiger partial charge in [-0.25, -0.2) is 0 Å². The summed E-state index contributed by atoms with van der Waals surface area (Å²) in [6, 6.07) is 7.79. The van der Waals surface area contributed by atoms with Crippen LogP contribution in [0.25, 0.3) is 0 Å². The summed E-state index contributed by atoms with van der Waals surface area (Å²) in [5.41, 5.74) is 1.92. The zero-order valence-corrected chi connectivity index (χ0v) is 11.6. The number of nitrogens with zero attached hydrogens (tertiary/aromatic N) is 1. The van der Waals surface area contributed by atoms with Crippen LogP contribution in [-0.4, -0.2) is 42.0 Å². The average molecular weight is 261 g/mol. The van der Waals surface area contributed by atoms with Gasteiger partial charge in [0.05, 0.1) is 0 Å². The predicted octanol–water partition coefficient (Wildman–Crippen LogP) is 2.27. The molecule has 1 aromatic carbocycles. The molecular formula is C16H23NO2. The first-order valence-corrected chi connectivity index (χ1v) is 7.12. The van der Waals surface area contributed by atoms with Crippen molar-refractivity contribution in [3.63, 3.8) is 0 Å². The molecule has 0 aliphatic carbocycles. The van der Waals surface area contributed by atoms with Crippen molar-refractivity contribution in [2.24, 2.45) is 5.92 Å². The molecule has 1 heterocycles. The Balaban J connectivity index is 1.80. The molecule has 1 aliphatic rings. The van der Waals surface area contributed by atoms with Crippen molar-refractivity contribution in [3.05, 3.63) is 35.4 Å². The van der Waals surface area contributed by atoms with Crippen molar-refractivity contribution in [1.29, 1.82) is 0 Å². The smallest absolute Gasteiger partial charge is 0.164 e. The standard InChI is InChI=1S/C16H23NO2/c1-13-4-2-3-5-15(13)16(19)8-11-17-9-6-14(12-18)7-10-17/h2-5,14,18H,6-12H2,1H3. The first-order chi connectivity index (χ1) is 9.20. The number of ketones is 1. The predicted molar refractivity (Wildman–Crippen MR) is 76.4 cm³/mol. The number of carbonyl (C=O) groups is 1. The number of benzene rings is 1. The third-order valence-corrected chi connectivity index (χ3v) is 4.07. The van der Waals surface area contributed by atoms with Gasteiger partial charge in [0, 0.05) is 25.1 Å². The van der Waals surface area contributed by atoms with E-state index in [4.69, 9.17) is 5.11 Å². The molecule has 2 rings (SSSR count). The first kappa shape index (κ1) is 14.2. The number of piperidine rings is 1. The highest BCUT2D eigenvalue weighted by Gasteiger charge is 2.19. The van der Waals surface area contributed by atoms with Gasteiger partial charge in [0.1, 0.15) is 0 Å². The van der Waals surface area contributed by atoms with Crippen molar-refractivity contribution < 1.29 is 9.90 Å². The van der Waals surface area contributed by atoms with Crippen LogP contribution in [0, 0.1) is 12.8 Å². The van der Waals surface area contributed by atoms with Gasteiger partial charge in [0.15, 0.2) is 5.78 Å². The topological polar surface area (TPSA) is 40.5 Å². The first-order valence-electron chi connectivity index (χ1n) is 7.12. The van der Waals surface area contributed by atoms with Crippen LogP contribution in [0.2, 0.25) is 0 Å². The van der Waals surface area contributed by atoms with Gasteiger partial charge in [-0.15, -0.1) is 0 Å². The number of aryl methyl sites for hydroxylation is 1. The molecule has 0 atom stereocenters. The second kappa shape index (κ2) is 6.83. The molecule has 3 nitrogen and oxygen atoms in total. The number of aliphatic hydroxyl groups is 1. The quantitative estimate of drug-likeness (QED) is 0.827. The summed E-state index contributed by atoms with van der Waals surface area (Å²) in [7, 11) is 0. The molecule has 1 aliphatic heterocycles. The molecule has 3 heteroatoms. The van der Waals surface area contributed by atoms with Gasteiger partial charge in [-0.05, 0) is 44.3 Å². The highest BCUT2D eigenvalue weighted by atomic mass is 16.3. The van der Waals surface area contributed by atoms with Crippen molar-refractivity contribution in [3.8, 4) is 0 Å². The van der Waals surface area contributed by atoms with Gasteiger partial charge in [0.2, 0.25) is 0 Å². The van der Waals surface area contributed by atoms with Gasteiger partial charge < -0.3 is 10.0 Å². The zero-order chi connectivity index (χ0) is 13.7. The molecule has 1 aromatic rings. The summed E-state index contributed by atoms with van der Waals surface area (Å²) in [5, 5.41) is 9.10. The van der Waals surface area contributed by atoms with Crippen molar-refractivity contribution >= 4 is 5.78 Å². The highest BCUT2D eigenvalue weighted by Crippen LogP contribution is 2.17. The molecule has 0 saturated carbocycles. The SMILES string of the molecule is Cc1ccccc1C(=O)CCN1CCC(CO)CC1. The second-order valence-electron chi connectivity index (χ2n) is 5.46. The minimum absolute atomic E-state index is 0.238. The molecule has 0 bridgehead atoms. The summed E-state index contributed by atoms with van der Waals surface area (Å²) >= 11 is 0. The van der Waals surface area contributed by atoms with Gasteiger partial charge in [-0.3, -0.25) is 4.79 Å². The minimum atomic E-state index is 0.238. The van der Waals surface area contributed by atoms with E-state index in [9.17, 15) is 4.79 Å². The van der Waals surface area contributed by atoms with E-state index in [1.165, 1.54) is 0 Å². The summed E-state index contributed by atoms with van der Waals surface area (Å²) in [6.07, 6.45) is 2.69. The largest absolute Gasteiger partial charge is 0.396 e. The summed E-state index contributed by atoms with van der Waals surface area (Å²) in [6.45, 7) is 5.14. The molecule has 104 valence electrons. The van der Waals surface area contributed by atoms with E-state index in [0.29, 0.717) is 18.9 Å². The van der Waals surface area contributed by atoms with Gasteiger partial charge in [0.25, 0.3) is 0 Å². The van der Waals surface area contributed by atoms with Gasteiger partial charge >= 0.3 is 0 Å². The lowest BCUT2D eigenvalue weighted by Crippen LogP contribution is -2.36. The third-order valence-electron chi connectivity index (χ3n) is 4.07. The number of aliphatic hydroxyl groups excluding tert-OH is 1. The Labute approximate surface area is 115 Å². The van der Waals surface area contributed by atoms with Gasteiger partial charge in [-0.1, -0.05) is 24.3 Å². The maximum absolute atomic E-state index is 12.2. The molecule has 1 saturated heterocycles. The molecule has 0 aromatic heterocycles. The van der Waals surface area contributed by atoms with Gasteiger partial charge in [-0.2, -0.15) is 0 Å². The van der Waals surface area contributed by atoms with E-state index in [2.05, 4.69) is 4.90 Å². The Morgan fingerprint density at radius 1 is 1.32 bits per heavy atom.